The van der Waals surface area contributed by atoms with E-state index in [0.717, 1.165) is 64.1 Å². The summed E-state index contributed by atoms with van der Waals surface area (Å²) in [5, 5.41) is 5.57. The van der Waals surface area contributed by atoms with E-state index in [4.69, 9.17) is 4.74 Å². The minimum absolute atomic E-state index is 0.139. The van der Waals surface area contributed by atoms with Gasteiger partial charge in [0, 0.05) is 51.2 Å². The maximum absolute atomic E-state index is 13.0. The smallest absolute Gasteiger partial charge is 0.315 e. The molecule has 0 bridgehead atoms. The number of hydrogen-bond donors (Lipinski definition) is 2. The average Bonchev–Trinajstić information content (AvgIpc) is 2.77. The van der Waals surface area contributed by atoms with Gasteiger partial charge in [0.05, 0.1) is 19.0 Å². The zero-order valence-corrected chi connectivity index (χ0v) is 19.7. The lowest BCUT2D eigenvalue weighted by Crippen LogP contribution is -2.46. The van der Waals surface area contributed by atoms with Crippen LogP contribution in [-0.4, -0.2) is 86.4 Å². The van der Waals surface area contributed by atoms with Crippen LogP contribution in [0.4, 0.5) is 4.79 Å². The zero-order chi connectivity index (χ0) is 22.7. The molecule has 1 aliphatic carbocycles. The molecule has 0 radical (unpaired) electrons. The van der Waals surface area contributed by atoms with Crippen LogP contribution in [0.25, 0.3) is 0 Å². The lowest BCUT2D eigenvalue weighted by atomic mass is 9.93. The van der Waals surface area contributed by atoms with E-state index >= 15 is 0 Å². The maximum Gasteiger partial charge on any atom is 0.315 e. The van der Waals surface area contributed by atoms with Gasteiger partial charge in [-0.05, 0) is 50.3 Å². The molecule has 0 aromatic carbocycles. The van der Waals surface area contributed by atoms with Gasteiger partial charge in [-0.2, -0.15) is 4.31 Å². The Bertz CT molecular complexity index is 783. The third-order valence-corrected chi connectivity index (χ3v) is 8.09. The number of urea groups is 1. The van der Waals surface area contributed by atoms with Crippen molar-refractivity contribution in [2.24, 2.45) is 0 Å². The number of ether oxygens (including phenoxy) is 1. The van der Waals surface area contributed by atoms with Gasteiger partial charge in [-0.1, -0.05) is 12.5 Å². The van der Waals surface area contributed by atoms with Crippen molar-refractivity contribution in [3.05, 3.63) is 30.1 Å². The van der Waals surface area contributed by atoms with Crippen LogP contribution in [0.3, 0.4) is 0 Å². The molecule has 3 rings (SSSR count). The van der Waals surface area contributed by atoms with Gasteiger partial charge in [-0.15, -0.1) is 0 Å². The molecule has 10 heteroatoms. The third-order valence-electron chi connectivity index (χ3n) is 6.09. The molecule has 2 amide bonds. The Hall–Kier alpha value is -1.75. The van der Waals surface area contributed by atoms with Gasteiger partial charge >= 0.3 is 6.03 Å². The molecule has 2 fully saturated rings. The minimum Gasteiger partial charge on any atom is -0.379 e. The molecule has 0 atom stereocenters. The first-order valence-corrected chi connectivity index (χ1v) is 13.4. The molecule has 180 valence electrons. The van der Waals surface area contributed by atoms with Crippen molar-refractivity contribution < 1.29 is 17.9 Å². The van der Waals surface area contributed by atoms with E-state index in [1.807, 2.05) is 12.1 Å². The first kappa shape index (κ1) is 24.9. The molecule has 1 saturated carbocycles. The van der Waals surface area contributed by atoms with E-state index in [1.165, 1.54) is 0 Å². The second kappa shape index (κ2) is 13.1. The first-order valence-electron chi connectivity index (χ1n) is 11.7. The number of morpholine rings is 1. The molecule has 32 heavy (non-hydrogen) atoms. The molecule has 9 nitrogen and oxygen atoms in total. The van der Waals surface area contributed by atoms with Gasteiger partial charge in [0.15, 0.2) is 0 Å². The Morgan fingerprint density at radius 2 is 2.00 bits per heavy atom. The van der Waals surface area contributed by atoms with Gasteiger partial charge in [-0.25, -0.2) is 13.2 Å². The molecule has 1 aromatic rings. The van der Waals surface area contributed by atoms with Crippen molar-refractivity contribution >= 4 is 16.1 Å². The van der Waals surface area contributed by atoms with Crippen LogP contribution in [0.5, 0.6) is 0 Å². The number of carbonyl (C=O) groups is 1. The number of aromatic nitrogens is 1. The van der Waals surface area contributed by atoms with Crippen LogP contribution in [0.15, 0.2) is 24.5 Å². The minimum atomic E-state index is -3.28. The number of carbonyl (C=O) groups excluding carboxylic acids is 1. The topological polar surface area (TPSA) is 104 Å². The zero-order valence-electron chi connectivity index (χ0n) is 18.9. The molecule has 0 spiro atoms. The van der Waals surface area contributed by atoms with E-state index in [9.17, 15) is 13.2 Å². The van der Waals surface area contributed by atoms with Crippen LogP contribution in [0.1, 0.15) is 44.1 Å². The van der Waals surface area contributed by atoms with E-state index in [1.54, 1.807) is 16.7 Å². The molecule has 1 aromatic heterocycles. The number of nitrogens with one attached hydrogen (secondary N) is 2. The summed E-state index contributed by atoms with van der Waals surface area (Å²) in [4.78, 5) is 18.2. The lowest BCUT2D eigenvalue weighted by Gasteiger charge is -2.37. The Balaban J connectivity index is 1.32. The molecule has 2 heterocycles. The summed E-state index contributed by atoms with van der Waals surface area (Å²) < 4.78 is 33.1. The van der Waals surface area contributed by atoms with Crippen molar-refractivity contribution in [1.29, 1.82) is 0 Å². The van der Waals surface area contributed by atoms with Crippen LogP contribution < -0.4 is 10.6 Å². The molecule has 0 unspecified atom stereocenters. The number of unbranched alkanes of at least 4 members (excludes halogenated alkanes) is 1. The second-order valence-corrected chi connectivity index (χ2v) is 10.5. The number of amides is 2. The van der Waals surface area contributed by atoms with Crippen molar-refractivity contribution in [1.82, 2.24) is 24.8 Å². The van der Waals surface area contributed by atoms with Gasteiger partial charge in [0.25, 0.3) is 0 Å². The van der Waals surface area contributed by atoms with Crippen LogP contribution >= 0.6 is 0 Å². The number of pyridine rings is 1. The summed E-state index contributed by atoms with van der Waals surface area (Å²) in [7, 11) is -3.28. The third kappa shape index (κ3) is 8.31. The largest absolute Gasteiger partial charge is 0.379 e. The van der Waals surface area contributed by atoms with Gasteiger partial charge in [-0.3, -0.25) is 9.88 Å². The van der Waals surface area contributed by atoms with E-state index in [-0.39, 0.29) is 17.8 Å². The summed E-state index contributed by atoms with van der Waals surface area (Å²) in [6, 6.07) is 3.63. The lowest BCUT2D eigenvalue weighted by molar-refractivity contribution is 0.0363. The van der Waals surface area contributed by atoms with Crippen molar-refractivity contribution in [2.75, 3.05) is 51.7 Å². The summed E-state index contributed by atoms with van der Waals surface area (Å²) in [5.74, 6) is 0.139. The number of nitrogens with zero attached hydrogens (tertiary/aromatic N) is 3. The molecule has 2 aliphatic rings. The maximum atomic E-state index is 13.0. The SMILES string of the molecule is O=C(NCCCCS(=O)(=O)N(CCCN1CCOCC1)C1CCC1)NCc1cccnc1. The van der Waals surface area contributed by atoms with Crippen LogP contribution in [-0.2, 0) is 21.3 Å². The van der Waals surface area contributed by atoms with Crippen molar-refractivity contribution in [2.45, 2.75) is 51.1 Å². The van der Waals surface area contributed by atoms with Crippen LogP contribution in [0, 0.1) is 0 Å². The Kier molecular flexibility index (Phi) is 10.2. The number of sulfonamides is 1. The molecular formula is C22H37N5O4S. The van der Waals surface area contributed by atoms with E-state index < -0.39 is 10.0 Å². The molecule has 1 aliphatic heterocycles. The molecule has 1 saturated heterocycles. The highest BCUT2D eigenvalue weighted by molar-refractivity contribution is 7.89. The standard InChI is InChI=1S/C22H37N5O4S/c28-22(25-19-20-6-4-9-23-18-20)24-10-1-2-17-32(29,30)27(21-7-3-8-21)12-5-11-26-13-15-31-16-14-26/h4,6,9,18,21H,1-3,5,7-8,10-17,19H2,(H2,24,25,28). The summed E-state index contributed by atoms with van der Waals surface area (Å²) in [6.07, 6.45) is 8.47. The molecular weight excluding hydrogens is 430 g/mol. The summed E-state index contributed by atoms with van der Waals surface area (Å²) >= 11 is 0. The quantitative estimate of drug-likeness (QED) is 0.427. The fourth-order valence-corrected chi connectivity index (χ4v) is 5.85. The fraction of sp³-hybridized carbons (Fsp3) is 0.727. The fourth-order valence-electron chi connectivity index (χ4n) is 3.97. The monoisotopic (exact) mass is 467 g/mol. The Labute approximate surface area is 191 Å². The van der Waals surface area contributed by atoms with E-state index in [2.05, 4.69) is 20.5 Å². The number of hydrogen-bond acceptors (Lipinski definition) is 6. The second-order valence-electron chi connectivity index (χ2n) is 8.50. The van der Waals surface area contributed by atoms with Gasteiger partial charge in [0.1, 0.15) is 0 Å². The van der Waals surface area contributed by atoms with Crippen LogP contribution in [0.2, 0.25) is 0 Å². The van der Waals surface area contributed by atoms with Gasteiger partial charge < -0.3 is 15.4 Å². The summed E-state index contributed by atoms with van der Waals surface area (Å²) in [5.41, 5.74) is 0.929. The highest BCUT2D eigenvalue weighted by Crippen LogP contribution is 2.27. The first-order chi connectivity index (χ1) is 15.5. The van der Waals surface area contributed by atoms with Gasteiger partial charge in [0.2, 0.25) is 10.0 Å². The highest BCUT2D eigenvalue weighted by Gasteiger charge is 2.33. The van der Waals surface area contributed by atoms with Crippen molar-refractivity contribution in [3.63, 3.8) is 0 Å². The Morgan fingerprint density at radius 1 is 1.19 bits per heavy atom. The highest BCUT2D eigenvalue weighted by atomic mass is 32.2. The predicted molar refractivity (Wildman–Crippen MR) is 124 cm³/mol. The number of rotatable bonds is 13. The normalized spacial score (nSPS) is 17.8. The molecule has 2 N–H and O–H groups in total. The average molecular weight is 468 g/mol. The van der Waals surface area contributed by atoms with E-state index in [0.29, 0.717) is 32.5 Å². The van der Waals surface area contributed by atoms with Crippen molar-refractivity contribution in [3.8, 4) is 0 Å². The Morgan fingerprint density at radius 3 is 2.69 bits per heavy atom. The predicted octanol–water partition coefficient (Wildman–Crippen LogP) is 1.57. The summed E-state index contributed by atoms with van der Waals surface area (Å²) in [6.45, 7) is 5.77.